The number of aliphatic hydroxyl groups is 2. The summed E-state index contributed by atoms with van der Waals surface area (Å²) in [5.41, 5.74) is -0.473. The summed E-state index contributed by atoms with van der Waals surface area (Å²) >= 11 is 0. The molecule has 0 aliphatic heterocycles. The predicted octanol–water partition coefficient (Wildman–Crippen LogP) is 0.118. The lowest BCUT2D eigenvalue weighted by molar-refractivity contribution is -0.114. The van der Waals surface area contributed by atoms with Gasteiger partial charge >= 0.3 is 0 Å². The maximum absolute atomic E-state index is 11.8. The molecular formula is C13H18N2O4. The summed E-state index contributed by atoms with van der Waals surface area (Å²) in [6.45, 7) is 2.29. The highest BCUT2D eigenvalue weighted by Crippen LogP contribution is 2.11. The summed E-state index contributed by atoms with van der Waals surface area (Å²) in [4.78, 5) is 22.7. The fourth-order valence-corrected chi connectivity index (χ4v) is 1.37. The van der Waals surface area contributed by atoms with Gasteiger partial charge in [0.15, 0.2) is 0 Å². The van der Waals surface area contributed by atoms with Gasteiger partial charge in [0.25, 0.3) is 5.91 Å². The van der Waals surface area contributed by atoms with E-state index in [0.717, 1.165) is 0 Å². The third-order valence-electron chi connectivity index (χ3n) is 2.42. The first kappa shape index (κ1) is 15.1. The van der Waals surface area contributed by atoms with Gasteiger partial charge in [-0.05, 0) is 25.1 Å². The predicted molar refractivity (Wildman–Crippen MR) is 70.8 cm³/mol. The molecule has 1 atom stereocenters. The van der Waals surface area contributed by atoms with Crippen LogP contribution in [0.5, 0.6) is 0 Å². The Morgan fingerprint density at radius 3 is 2.63 bits per heavy atom. The van der Waals surface area contributed by atoms with E-state index in [-0.39, 0.29) is 18.4 Å². The van der Waals surface area contributed by atoms with E-state index in [0.29, 0.717) is 11.3 Å². The molecule has 1 aromatic carbocycles. The Morgan fingerprint density at radius 2 is 2.05 bits per heavy atom. The monoisotopic (exact) mass is 266 g/mol. The minimum absolute atomic E-state index is 0.0628. The van der Waals surface area contributed by atoms with Crippen molar-refractivity contribution in [2.24, 2.45) is 0 Å². The molecule has 1 aromatic rings. The van der Waals surface area contributed by atoms with Crippen molar-refractivity contribution in [3.63, 3.8) is 0 Å². The van der Waals surface area contributed by atoms with Crippen LogP contribution in [-0.2, 0) is 4.79 Å². The Balaban J connectivity index is 2.69. The smallest absolute Gasteiger partial charge is 0.251 e. The number of hydrogen-bond donors (Lipinski definition) is 4. The second-order valence-electron chi connectivity index (χ2n) is 4.60. The minimum Gasteiger partial charge on any atom is -0.393 e. The lowest BCUT2D eigenvalue weighted by atomic mass is 10.1. The van der Waals surface area contributed by atoms with E-state index >= 15 is 0 Å². The van der Waals surface area contributed by atoms with E-state index in [1.807, 2.05) is 0 Å². The van der Waals surface area contributed by atoms with Crippen LogP contribution in [0.3, 0.4) is 0 Å². The second kappa shape index (κ2) is 6.31. The van der Waals surface area contributed by atoms with Crippen LogP contribution in [-0.4, -0.2) is 40.8 Å². The van der Waals surface area contributed by atoms with Gasteiger partial charge in [0.1, 0.15) is 5.60 Å². The van der Waals surface area contributed by atoms with Crippen molar-refractivity contribution in [1.82, 2.24) is 5.32 Å². The van der Waals surface area contributed by atoms with E-state index in [1.165, 1.54) is 19.9 Å². The van der Waals surface area contributed by atoms with Gasteiger partial charge in [-0.3, -0.25) is 9.59 Å². The number of hydrogen-bond acceptors (Lipinski definition) is 4. The van der Waals surface area contributed by atoms with Crippen molar-refractivity contribution in [3.8, 4) is 0 Å². The summed E-state index contributed by atoms with van der Waals surface area (Å²) in [7, 11) is 0. The first-order valence-corrected chi connectivity index (χ1v) is 5.83. The molecule has 0 spiro atoms. The Kier molecular flexibility index (Phi) is 5.02. The number of amides is 2. The van der Waals surface area contributed by atoms with Crippen molar-refractivity contribution >= 4 is 17.5 Å². The highest BCUT2D eigenvalue weighted by Gasteiger charge is 2.20. The molecule has 2 amide bonds. The van der Waals surface area contributed by atoms with Crippen LogP contribution in [0.25, 0.3) is 0 Å². The highest BCUT2D eigenvalue weighted by atomic mass is 16.3. The Labute approximate surface area is 111 Å². The molecule has 0 bridgehead atoms. The quantitative estimate of drug-likeness (QED) is 0.608. The standard InChI is InChI=1S/C13H18N2O4/c1-9(17)15-11-5-3-4-10(6-11)12(18)14-7-13(2,19)8-16/h3-6,16,19H,7-8H2,1-2H3,(H,14,18)(H,15,17). The summed E-state index contributed by atoms with van der Waals surface area (Å²) in [6.07, 6.45) is 0. The average Bonchev–Trinajstić information content (AvgIpc) is 2.35. The summed E-state index contributed by atoms with van der Waals surface area (Å²) in [5, 5.41) is 23.5. The van der Waals surface area contributed by atoms with Gasteiger partial charge in [-0.25, -0.2) is 0 Å². The Hall–Kier alpha value is -1.92. The van der Waals surface area contributed by atoms with E-state index < -0.39 is 12.2 Å². The number of anilines is 1. The molecule has 0 aromatic heterocycles. The molecule has 0 saturated carbocycles. The number of carbonyl (C=O) groups is 2. The van der Waals surface area contributed by atoms with Gasteiger partial charge in [0, 0.05) is 24.7 Å². The number of nitrogens with one attached hydrogen (secondary N) is 2. The normalized spacial score (nSPS) is 13.5. The largest absolute Gasteiger partial charge is 0.393 e. The first-order chi connectivity index (χ1) is 8.84. The van der Waals surface area contributed by atoms with Crippen LogP contribution in [0.15, 0.2) is 24.3 Å². The van der Waals surface area contributed by atoms with E-state index in [2.05, 4.69) is 10.6 Å². The molecule has 0 saturated heterocycles. The van der Waals surface area contributed by atoms with Gasteiger partial charge in [-0.2, -0.15) is 0 Å². The van der Waals surface area contributed by atoms with Crippen LogP contribution in [0.2, 0.25) is 0 Å². The van der Waals surface area contributed by atoms with Crippen LogP contribution >= 0.6 is 0 Å². The summed E-state index contributed by atoms with van der Waals surface area (Å²) in [5.74, 6) is -0.610. The van der Waals surface area contributed by atoms with Crippen LogP contribution in [0.1, 0.15) is 24.2 Å². The van der Waals surface area contributed by atoms with Crippen molar-refractivity contribution in [1.29, 1.82) is 0 Å². The van der Waals surface area contributed by atoms with E-state index in [4.69, 9.17) is 5.11 Å². The third kappa shape index (κ3) is 5.07. The molecule has 0 heterocycles. The SMILES string of the molecule is CC(=O)Nc1cccc(C(=O)NCC(C)(O)CO)c1. The van der Waals surface area contributed by atoms with Crippen molar-refractivity contribution in [2.75, 3.05) is 18.5 Å². The highest BCUT2D eigenvalue weighted by molar-refractivity contribution is 5.96. The van der Waals surface area contributed by atoms with Crippen molar-refractivity contribution in [3.05, 3.63) is 29.8 Å². The van der Waals surface area contributed by atoms with Crippen LogP contribution in [0, 0.1) is 0 Å². The van der Waals surface area contributed by atoms with Gasteiger partial charge < -0.3 is 20.8 Å². The molecule has 6 heteroatoms. The van der Waals surface area contributed by atoms with Crippen molar-refractivity contribution in [2.45, 2.75) is 19.4 Å². The third-order valence-corrected chi connectivity index (χ3v) is 2.42. The molecule has 0 radical (unpaired) electrons. The van der Waals surface area contributed by atoms with E-state index in [1.54, 1.807) is 18.2 Å². The zero-order valence-electron chi connectivity index (χ0n) is 10.9. The fourth-order valence-electron chi connectivity index (χ4n) is 1.37. The minimum atomic E-state index is -1.36. The second-order valence-corrected chi connectivity index (χ2v) is 4.60. The van der Waals surface area contributed by atoms with Gasteiger partial charge in [0.2, 0.25) is 5.91 Å². The molecule has 104 valence electrons. The number of rotatable bonds is 5. The van der Waals surface area contributed by atoms with Gasteiger partial charge in [-0.15, -0.1) is 0 Å². The molecule has 1 rings (SSSR count). The van der Waals surface area contributed by atoms with Crippen LogP contribution < -0.4 is 10.6 Å². The molecule has 1 unspecified atom stereocenters. The zero-order valence-corrected chi connectivity index (χ0v) is 10.9. The molecule has 0 aliphatic carbocycles. The summed E-state index contributed by atoms with van der Waals surface area (Å²) < 4.78 is 0. The fraction of sp³-hybridized carbons (Fsp3) is 0.385. The summed E-state index contributed by atoms with van der Waals surface area (Å²) in [6, 6.07) is 6.44. The maximum Gasteiger partial charge on any atom is 0.251 e. The van der Waals surface area contributed by atoms with Crippen molar-refractivity contribution < 1.29 is 19.8 Å². The van der Waals surface area contributed by atoms with Gasteiger partial charge in [-0.1, -0.05) is 6.07 Å². The molecule has 19 heavy (non-hydrogen) atoms. The first-order valence-electron chi connectivity index (χ1n) is 5.83. The number of aliphatic hydroxyl groups excluding tert-OH is 1. The molecule has 0 aliphatic rings. The number of benzene rings is 1. The Bertz CT molecular complexity index is 471. The average molecular weight is 266 g/mol. The van der Waals surface area contributed by atoms with E-state index in [9.17, 15) is 14.7 Å². The zero-order chi connectivity index (χ0) is 14.5. The molecule has 4 N–H and O–H groups in total. The lowest BCUT2D eigenvalue weighted by Crippen LogP contribution is -2.43. The lowest BCUT2D eigenvalue weighted by Gasteiger charge is -2.20. The molecular weight excluding hydrogens is 248 g/mol. The molecule has 6 nitrogen and oxygen atoms in total. The number of carbonyl (C=O) groups excluding carboxylic acids is 2. The maximum atomic E-state index is 11.8. The Morgan fingerprint density at radius 1 is 1.37 bits per heavy atom. The molecule has 0 fully saturated rings. The van der Waals surface area contributed by atoms with Gasteiger partial charge in [0.05, 0.1) is 6.61 Å². The van der Waals surface area contributed by atoms with Crippen LogP contribution in [0.4, 0.5) is 5.69 Å². The topological polar surface area (TPSA) is 98.7 Å².